The molecule has 76 valence electrons. The van der Waals surface area contributed by atoms with Gasteiger partial charge in [-0.1, -0.05) is 0 Å². The van der Waals surface area contributed by atoms with Crippen molar-refractivity contribution in [1.82, 2.24) is 0 Å². The van der Waals surface area contributed by atoms with Crippen LogP contribution in [0.2, 0.25) is 0 Å². The van der Waals surface area contributed by atoms with Crippen molar-refractivity contribution in [2.24, 2.45) is 0 Å². The number of rotatable bonds is 1. The summed E-state index contributed by atoms with van der Waals surface area (Å²) in [7, 11) is -4.75. The number of furan rings is 1. The van der Waals surface area contributed by atoms with Crippen LogP contribution in [0.3, 0.4) is 0 Å². The van der Waals surface area contributed by atoms with E-state index in [0.29, 0.717) is 5.58 Å². The topological polar surface area (TPSA) is 73.8 Å². The van der Waals surface area contributed by atoms with E-state index < -0.39 is 7.28 Å². The van der Waals surface area contributed by atoms with E-state index in [-0.39, 0.29) is 5.50 Å². The molecule has 4 nitrogen and oxygen atoms in total. The van der Waals surface area contributed by atoms with E-state index in [1.807, 2.05) is 0 Å². The predicted octanol–water partition coefficient (Wildman–Crippen LogP) is 0.963. The van der Waals surface area contributed by atoms with Gasteiger partial charge in [-0.15, -0.1) is 0 Å². The Labute approximate surface area is 80.6 Å². The Morgan fingerprint density at radius 1 is 1.14 bits per heavy atom. The second kappa shape index (κ2) is 2.55. The molecule has 3 N–H and O–H groups in total. The van der Waals surface area contributed by atoms with Crippen LogP contribution < -0.4 is 5.50 Å². The first kappa shape index (κ1) is 9.62. The quantitative estimate of drug-likeness (QED) is 0.618. The fourth-order valence-corrected chi connectivity index (χ4v) is 1.98. The van der Waals surface area contributed by atoms with Crippen LogP contribution in [0.15, 0.2) is 34.7 Å². The standard InChI is InChI=1S/C9H11O4P/c1-14(10,11,12)9-6-7-4-2-3-5-8(7)13-9/h2-6,10-12H,1H3. The zero-order valence-corrected chi connectivity index (χ0v) is 8.48. The molecule has 0 aliphatic heterocycles. The SMILES string of the molecule is CP(O)(O)(O)c1cc2ccccc2o1. The molecule has 0 spiro atoms. The van der Waals surface area contributed by atoms with E-state index in [1.165, 1.54) is 6.07 Å². The van der Waals surface area contributed by atoms with Crippen LogP contribution in [0.25, 0.3) is 11.0 Å². The van der Waals surface area contributed by atoms with Crippen LogP contribution in [0, 0.1) is 0 Å². The van der Waals surface area contributed by atoms with Gasteiger partial charge >= 0.3 is 79.8 Å². The summed E-state index contributed by atoms with van der Waals surface area (Å²) in [5.74, 6) is 0. The molecule has 0 unspecified atom stereocenters. The van der Waals surface area contributed by atoms with Crippen LogP contribution in [-0.4, -0.2) is 21.3 Å². The summed E-state index contributed by atoms with van der Waals surface area (Å²) < 4.78 is 5.14. The zero-order valence-electron chi connectivity index (χ0n) is 7.58. The predicted molar refractivity (Wildman–Crippen MR) is 55.3 cm³/mol. The number of hydrogen-bond acceptors (Lipinski definition) is 4. The van der Waals surface area contributed by atoms with Gasteiger partial charge in [0.1, 0.15) is 0 Å². The maximum absolute atomic E-state index is 9.40. The van der Waals surface area contributed by atoms with Gasteiger partial charge in [-0.2, -0.15) is 0 Å². The molecule has 0 atom stereocenters. The Hall–Kier alpha value is -0.930. The molecule has 0 amide bonds. The minimum absolute atomic E-state index is 0.169. The van der Waals surface area contributed by atoms with Crippen LogP contribution in [0.5, 0.6) is 0 Å². The van der Waals surface area contributed by atoms with Gasteiger partial charge < -0.3 is 0 Å². The molecule has 5 heteroatoms. The third-order valence-electron chi connectivity index (χ3n) is 1.93. The van der Waals surface area contributed by atoms with Gasteiger partial charge in [0.15, 0.2) is 0 Å². The fraction of sp³-hybridized carbons (Fsp3) is 0.111. The van der Waals surface area contributed by atoms with Crippen molar-refractivity contribution in [1.29, 1.82) is 0 Å². The number of para-hydroxylation sites is 1. The number of fused-ring (bicyclic) bond motifs is 1. The van der Waals surface area contributed by atoms with Crippen molar-refractivity contribution in [2.75, 3.05) is 6.66 Å². The van der Waals surface area contributed by atoms with Gasteiger partial charge in [0, 0.05) is 0 Å². The molecule has 0 radical (unpaired) electrons. The Morgan fingerprint density at radius 3 is 2.36 bits per heavy atom. The minimum atomic E-state index is -4.75. The van der Waals surface area contributed by atoms with Crippen LogP contribution >= 0.6 is 7.28 Å². The third-order valence-corrected chi connectivity index (χ3v) is 3.18. The van der Waals surface area contributed by atoms with E-state index >= 15 is 0 Å². The van der Waals surface area contributed by atoms with Crippen molar-refractivity contribution in [3.05, 3.63) is 30.3 Å². The monoisotopic (exact) mass is 214 g/mol. The van der Waals surface area contributed by atoms with Gasteiger partial charge in [0.05, 0.1) is 0 Å². The molecule has 1 aromatic heterocycles. The molecule has 0 fully saturated rings. The van der Waals surface area contributed by atoms with E-state index in [2.05, 4.69) is 0 Å². The van der Waals surface area contributed by atoms with E-state index in [1.54, 1.807) is 24.3 Å². The van der Waals surface area contributed by atoms with Crippen molar-refractivity contribution in [3.63, 3.8) is 0 Å². The van der Waals surface area contributed by atoms with Gasteiger partial charge in [0.25, 0.3) is 0 Å². The van der Waals surface area contributed by atoms with Crippen molar-refractivity contribution in [3.8, 4) is 0 Å². The van der Waals surface area contributed by atoms with Gasteiger partial charge in [-0.25, -0.2) is 0 Å². The molecule has 0 aliphatic rings. The van der Waals surface area contributed by atoms with E-state index in [4.69, 9.17) is 4.42 Å². The van der Waals surface area contributed by atoms with Crippen LogP contribution in [0.1, 0.15) is 0 Å². The van der Waals surface area contributed by atoms with Crippen LogP contribution in [0.4, 0.5) is 0 Å². The summed E-state index contributed by atoms with van der Waals surface area (Å²) in [6, 6.07) is 8.48. The number of benzene rings is 1. The molecule has 14 heavy (non-hydrogen) atoms. The Kier molecular flexibility index (Phi) is 1.75. The number of hydrogen-bond donors (Lipinski definition) is 3. The zero-order chi connectivity index (χ0) is 10.4. The van der Waals surface area contributed by atoms with E-state index in [0.717, 1.165) is 12.1 Å². The Balaban J connectivity index is 2.68. The first-order valence-electron chi connectivity index (χ1n) is 4.08. The maximum atomic E-state index is 9.40. The first-order valence-corrected chi connectivity index (χ1v) is 6.63. The molecule has 1 aromatic carbocycles. The summed E-state index contributed by atoms with van der Waals surface area (Å²) in [4.78, 5) is 28.2. The summed E-state index contributed by atoms with van der Waals surface area (Å²) in [5, 5.41) is 0.732. The third kappa shape index (κ3) is 1.65. The van der Waals surface area contributed by atoms with Gasteiger partial charge in [0.2, 0.25) is 0 Å². The average molecular weight is 214 g/mol. The van der Waals surface area contributed by atoms with Gasteiger partial charge in [-0.05, 0) is 0 Å². The normalized spacial score (nSPS) is 15.3. The molecular weight excluding hydrogens is 203 g/mol. The van der Waals surface area contributed by atoms with Crippen molar-refractivity contribution in [2.45, 2.75) is 0 Å². The second-order valence-corrected chi connectivity index (χ2v) is 6.74. The molecule has 1 heterocycles. The van der Waals surface area contributed by atoms with Crippen molar-refractivity contribution < 1.29 is 19.1 Å². The first-order chi connectivity index (χ1) is 6.33. The molecule has 0 saturated carbocycles. The molecule has 2 rings (SSSR count). The molecule has 0 aliphatic carbocycles. The molecule has 2 aromatic rings. The van der Waals surface area contributed by atoms with Crippen molar-refractivity contribution >= 4 is 23.8 Å². The summed E-state index contributed by atoms with van der Waals surface area (Å²) in [6.07, 6.45) is 0. The summed E-state index contributed by atoms with van der Waals surface area (Å²) in [5.41, 5.74) is 0.354. The second-order valence-electron chi connectivity index (χ2n) is 3.51. The molecule has 0 bridgehead atoms. The van der Waals surface area contributed by atoms with Gasteiger partial charge in [-0.3, -0.25) is 0 Å². The Morgan fingerprint density at radius 2 is 1.79 bits per heavy atom. The fourth-order valence-electron chi connectivity index (χ4n) is 1.23. The average Bonchev–Trinajstić information content (AvgIpc) is 2.44. The Bertz CT molecular complexity index is 438. The summed E-state index contributed by atoms with van der Waals surface area (Å²) in [6.45, 7) is 0.976. The molecular formula is C9H11O4P. The van der Waals surface area contributed by atoms with Crippen LogP contribution in [-0.2, 0) is 0 Å². The summed E-state index contributed by atoms with van der Waals surface area (Å²) >= 11 is 0. The van der Waals surface area contributed by atoms with E-state index in [9.17, 15) is 14.7 Å². The molecule has 0 saturated heterocycles.